The van der Waals surface area contributed by atoms with Crippen molar-refractivity contribution in [2.24, 2.45) is 0 Å². The van der Waals surface area contributed by atoms with Crippen molar-refractivity contribution in [1.82, 2.24) is 10.6 Å². The molecule has 0 aromatic heterocycles. The van der Waals surface area contributed by atoms with Crippen LogP contribution in [-0.2, 0) is 4.79 Å². The third kappa shape index (κ3) is 3.92. The second-order valence-corrected chi connectivity index (χ2v) is 4.45. The topological polar surface area (TPSA) is 61.4 Å². The highest BCUT2D eigenvalue weighted by molar-refractivity contribution is 5.86. The van der Waals surface area contributed by atoms with Gasteiger partial charge in [-0.25, -0.2) is 0 Å². The van der Waals surface area contributed by atoms with Crippen LogP contribution in [-0.4, -0.2) is 35.7 Å². The van der Waals surface area contributed by atoms with E-state index in [2.05, 4.69) is 10.6 Å². The predicted molar refractivity (Wildman–Crippen MR) is 66.8 cm³/mol. The van der Waals surface area contributed by atoms with E-state index in [1.54, 1.807) is 0 Å². The van der Waals surface area contributed by atoms with Gasteiger partial charge in [-0.15, -0.1) is 12.4 Å². The molecule has 0 bridgehead atoms. The average Bonchev–Trinajstić information content (AvgIpc) is 2.65. The van der Waals surface area contributed by atoms with E-state index in [9.17, 15) is 4.79 Å². The van der Waals surface area contributed by atoms with Gasteiger partial charge in [-0.2, -0.15) is 0 Å². The first-order valence-electron chi connectivity index (χ1n) is 5.79. The molecule has 4 nitrogen and oxygen atoms in total. The second-order valence-electron chi connectivity index (χ2n) is 4.45. The van der Waals surface area contributed by atoms with Crippen molar-refractivity contribution in [2.45, 2.75) is 51.1 Å². The zero-order valence-corrected chi connectivity index (χ0v) is 10.9. The molecule has 5 heteroatoms. The molecular formula is C11H23ClN2O2. The number of aliphatic hydroxyl groups is 1. The Morgan fingerprint density at radius 1 is 1.62 bits per heavy atom. The van der Waals surface area contributed by atoms with Crippen LogP contribution in [0.25, 0.3) is 0 Å². The Hall–Kier alpha value is -0.320. The van der Waals surface area contributed by atoms with Crippen LogP contribution in [0.5, 0.6) is 0 Å². The highest BCUT2D eigenvalue weighted by Gasteiger charge is 2.36. The molecule has 0 radical (unpaired) electrons. The summed E-state index contributed by atoms with van der Waals surface area (Å²) in [5.74, 6) is 0.0697. The van der Waals surface area contributed by atoms with E-state index < -0.39 is 5.54 Å². The van der Waals surface area contributed by atoms with Crippen LogP contribution in [0.4, 0.5) is 0 Å². The van der Waals surface area contributed by atoms with Gasteiger partial charge in [0.05, 0.1) is 5.54 Å². The number of carbonyl (C=O) groups is 1. The predicted octanol–water partition coefficient (Wildman–Crippen LogP) is 0.827. The lowest BCUT2D eigenvalue weighted by atomic mass is 9.98. The van der Waals surface area contributed by atoms with Gasteiger partial charge >= 0.3 is 0 Å². The third-order valence-corrected chi connectivity index (χ3v) is 3.18. The molecule has 2 atom stereocenters. The van der Waals surface area contributed by atoms with Gasteiger partial charge in [0.15, 0.2) is 0 Å². The summed E-state index contributed by atoms with van der Waals surface area (Å²) in [5, 5.41) is 15.1. The van der Waals surface area contributed by atoms with E-state index >= 15 is 0 Å². The first kappa shape index (κ1) is 15.7. The Kier molecular flexibility index (Phi) is 6.95. The summed E-state index contributed by atoms with van der Waals surface area (Å²) in [6.07, 6.45) is 3.45. The molecule has 1 aliphatic rings. The minimum Gasteiger partial charge on any atom is -0.396 e. The molecule has 1 heterocycles. The Morgan fingerprint density at radius 3 is 2.75 bits per heavy atom. The van der Waals surface area contributed by atoms with Crippen LogP contribution in [0.1, 0.15) is 39.5 Å². The molecule has 0 aromatic rings. The smallest absolute Gasteiger partial charge is 0.240 e. The maximum Gasteiger partial charge on any atom is 0.240 e. The fraction of sp³-hybridized carbons (Fsp3) is 0.909. The van der Waals surface area contributed by atoms with Crippen molar-refractivity contribution in [1.29, 1.82) is 0 Å². The van der Waals surface area contributed by atoms with E-state index in [0.29, 0.717) is 6.42 Å². The van der Waals surface area contributed by atoms with E-state index in [1.165, 1.54) is 0 Å². The molecule has 2 unspecified atom stereocenters. The van der Waals surface area contributed by atoms with Crippen molar-refractivity contribution in [3.8, 4) is 0 Å². The summed E-state index contributed by atoms with van der Waals surface area (Å²) < 4.78 is 0. The van der Waals surface area contributed by atoms with Crippen molar-refractivity contribution in [3.05, 3.63) is 0 Å². The molecule has 1 saturated heterocycles. The molecule has 0 spiro atoms. The number of hydrogen-bond donors (Lipinski definition) is 3. The van der Waals surface area contributed by atoms with Crippen molar-refractivity contribution < 1.29 is 9.90 Å². The summed E-state index contributed by atoms with van der Waals surface area (Å²) in [5.41, 5.74) is -0.400. The number of rotatable bonds is 5. The summed E-state index contributed by atoms with van der Waals surface area (Å²) in [6.45, 7) is 5.01. The Bertz CT molecular complexity index is 218. The Balaban J connectivity index is 0.00000225. The normalized spacial score (nSPS) is 25.9. The van der Waals surface area contributed by atoms with Crippen LogP contribution in [0.3, 0.4) is 0 Å². The molecule has 1 fully saturated rings. The van der Waals surface area contributed by atoms with E-state index in [1.807, 2.05) is 13.8 Å². The first-order chi connectivity index (χ1) is 7.12. The molecule has 1 aliphatic heterocycles. The maximum atomic E-state index is 12.0. The lowest BCUT2D eigenvalue weighted by Gasteiger charge is -2.26. The van der Waals surface area contributed by atoms with Gasteiger partial charge in [0, 0.05) is 12.6 Å². The zero-order valence-electron chi connectivity index (χ0n) is 10.1. The zero-order chi connectivity index (χ0) is 11.3. The van der Waals surface area contributed by atoms with Gasteiger partial charge in [0.1, 0.15) is 0 Å². The maximum absolute atomic E-state index is 12.0. The quantitative estimate of drug-likeness (QED) is 0.677. The molecule has 3 N–H and O–H groups in total. The molecule has 1 rings (SSSR count). The van der Waals surface area contributed by atoms with Crippen LogP contribution in [0.2, 0.25) is 0 Å². The first-order valence-corrected chi connectivity index (χ1v) is 5.79. The molecule has 0 aromatic carbocycles. The molecule has 0 aliphatic carbocycles. The minimum atomic E-state index is -0.400. The fourth-order valence-electron chi connectivity index (χ4n) is 1.97. The van der Waals surface area contributed by atoms with Crippen LogP contribution >= 0.6 is 12.4 Å². The van der Waals surface area contributed by atoms with Crippen molar-refractivity contribution in [2.75, 3.05) is 13.2 Å². The summed E-state index contributed by atoms with van der Waals surface area (Å²) in [6, 6.07) is 0.0988. The number of hydrogen-bond acceptors (Lipinski definition) is 3. The summed E-state index contributed by atoms with van der Waals surface area (Å²) in [4.78, 5) is 12.0. The van der Waals surface area contributed by atoms with Crippen LogP contribution in [0, 0.1) is 0 Å². The van der Waals surface area contributed by atoms with Gasteiger partial charge < -0.3 is 15.7 Å². The summed E-state index contributed by atoms with van der Waals surface area (Å²) >= 11 is 0. The van der Waals surface area contributed by atoms with Gasteiger partial charge in [-0.3, -0.25) is 4.79 Å². The van der Waals surface area contributed by atoms with Gasteiger partial charge in [0.2, 0.25) is 5.91 Å². The van der Waals surface area contributed by atoms with Crippen LogP contribution < -0.4 is 10.6 Å². The number of nitrogens with one attached hydrogen (secondary N) is 2. The molecule has 96 valence electrons. The van der Waals surface area contributed by atoms with Crippen LogP contribution in [0.15, 0.2) is 0 Å². The molecule has 1 amide bonds. The van der Waals surface area contributed by atoms with E-state index in [4.69, 9.17) is 5.11 Å². The number of amides is 1. The number of carbonyl (C=O) groups excluding carboxylic acids is 1. The summed E-state index contributed by atoms with van der Waals surface area (Å²) in [7, 11) is 0. The average molecular weight is 251 g/mol. The number of aliphatic hydroxyl groups excluding tert-OH is 1. The van der Waals surface area contributed by atoms with Crippen molar-refractivity contribution in [3.63, 3.8) is 0 Å². The SMILES string of the molecule is CCC(CCO)NC(=O)C1(C)CCCN1.Cl. The highest BCUT2D eigenvalue weighted by atomic mass is 35.5. The standard InChI is InChI=1S/C11H22N2O2.ClH/c1-3-9(5-8-14)13-10(15)11(2)6-4-7-12-11;/h9,12,14H,3-8H2,1-2H3,(H,13,15);1H. The fourth-order valence-corrected chi connectivity index (χ4v) is 1.97. The molecular weight excluding hydrogens is 228 g/mol. The lowest BCUT2D eigenvalue weighted by Crippen LogP contribution is -2.53. The largest absolute Gasteiger partial charge is 0.396 e. The monoisotopic (exact) mass is 250 g/mol. The van der Waals surface area contributed by atoms with Crippen molar-refractivity contribution >= 4 is 18.3 Å². The third-order valence-electron chi connectivity index (χ3n) is 3.18. The minimum absolute atomic E-state index is 0. The Labute approximate surface area is 104 Å². The number of halogens is 1. The Morgan fingerprint density at radius 2 is 2.31 bits per heavy atom. The highest BCUT2D eigenvalue weighted by Crippen LogP contribution is 2.18. The molecule has 16 heavy (non-hydrogen) atoms. The van der Waals surface area contributed by atoms with E-state index in [0.717, 1.165) is 25.8 Å². The van der Waals surface area contributed by atoms with Gasteiger partial charge in [0.25, 0.3) is 0 Å². The van der Waals surface area contributed by atoms with E-state index in [-0.39, 0.29) is 31.0 Å². The van der Waals surface area contributed by atoms with Gasteiger partial charge in [-0.05, 0) is 39.2 Å². The lowest BCUT2D eigenvalue weighted by molar-refractivity contribution is -0.127. The molecule has 0 saturated carbocycles. The second kappa shape index (κ2) is 7.09. The van der Waals surface area contributed by atoms with Gasteiger partial charge in [-0.1, -0.05) is 6.92 Å².